The molecule has 3 aromatic rings. The molecule has 0 aliphatic carbocycles. The number of ether oxygens (including phenoxy) is 1. The summed E-state index contributed by atoms with van der Waals surface area (Å²) in [7, 11) is 0. The summed E-state index contributed by atoms with van der Waals surface area (Å²) in [5.74, 6) is 0.242. The predicted octanol–water partition coefficient (Wildman–Crippen LogP) is 4.97. The maximum Gasteiger partial charge on any atom is 0.268 e. The van der Waals surface area contributed by atoms with E-state index >= 15 is 0 Å². The molecule has 2 amide bonds. The number of amides is 2. The van der Waals surface area contributed by atoms with Gasteiger partial charge in [0.15, 0.2) is 0 Å². The molecular formula is C26H25ClN2O4. The van der Waals surface area contributed by atoms with E-state index in [1.165, 1.54) is 6.08 Å². The van der Waals surface area contributed by atoms with Gasteiger partial charge in [-0.1, -0.05) is 41.4 Å². The minimum atomic E-state index is -0.410. The Kier molecular flexibility index (Phi) is 7.27. The van der Waals surface area contributed by atoms with Crippen molar-refractivity contribution in [1.82, 2.24) is 10.6 Å². The van der Waals surface area contributed by atoms with Gasteiger partial charge in [0.05, 0.1) is 6.10 Å². The SMILES string of the molecule is Cc1ccc(C(=O)N/C(=C\c2ccc(-c3cccc(Cl)c3)o2)C(=O)NCC2CCCO2)cc1. The lowest BCUT2D eigenvalue weighted by Crippen LogP contribution is -2.38. The van der Waals surface area contributed by atoms with Crippen LogP contribution in [0.2, 0.25) is 5.02 Å². The van der Waals surface area contributed by atoms with E-state index < -0.39 is 5.91 Å². The molecule has 1 saturated heterocycles. The van der Waals surface area contributed by atoms with Gasteiger partial charge in [0.25, 0.3) is 11.8 Å². The zero-order valence-corrected chi connectivity index (χ0v) is 19.0. The van der Waals surface area contributed by atoms with Gasteiger partial charge in [-0.3, -0.25) is 9.59 Å². The highest BCUT2D eigenvalue weighted by Gasteiger charge is 2.20. The molecule has 2 N–H and O–H groups in total. The minimum absolute atomic E-state index is 0.0129. The number of aryl methyl sites for hydroxylation is 1. The van der Waals surface area contributed by atoms with E-state index in [2.05, 4.69) is 10.6 Å². The van der Waals surface area contributed by atoms with Crippen LogP contribution >= 0.6 is 11.6 Å². The van der Waals surface area contributed by atoms with Gasteiger partial charge in [0, 0.05) is 35.4 Å². The lowest BCUT2D eigenvalue weighted by molar-refractivity contribution is -0.118. The highest BCUT2D eigenvalue weighted by atomic mass is 35.5. The van der Waals surface area contributed by atoms with Crippen LogP contribution in [-0.2, 0) is 9.53 Å². The standard InChI is InChI=1S/C26H25ClN2O4/c1-17-7-9-18(10-8-17)25(30)29-23(26(31)28-16-22-6-3-13-32-22)15-21-11-12-24(33-21)19-4-2-5-20(27)14-19/h2,4-5,7-12,14-15,22H,3,6,13,16H2,1H3,(H,28,31)(H,29,30)/b23-15-. The molecule has 33 heavy (non-hydrogen) atoms. The van der Waals surface area contributed by atoms with E-state index in [1.807, 2.05) is 31.2 Å². The second-order valence-corrected chi connectivity index (χ2v) is 8.37. The number of nitrogens with one attached hydrogen (secondary N) is 2. The summed E-state index contributed by atoms with van der Waals surface area (Å²) in [6.07, 6.45) is 3.38. The van der Waals surface area contributed by atoms with Crippen LogP contribution in [0.3, 0.4) is 0 Å². The van der Waals surface area contributed by atoms with Gasteiger partial charge < -0.3 is 19.8 Å². The third-order valence-corrected chi connectivity index (χ3v) is 5.58. The minimum Gasteiger partial charge on any atom is -0.457 e. The van der Waals surface area contributed by atoms with Crippen molar-refractivity contribution < 1.29 is 18.7 Å². The molecule has 170 valence electrons. The molecule has 0 spiro atoms. The third kappa shape index (κ3) is 6.12. The first-order valence-electron chi connectivity index (χ1n) is 10.8. The first kappa shape index (κ1) is 22.8. The fraction of sp³-hybridized carbons (Fsp3) is 0.231. The normalized spacial score (nSPS) is 15.9. The van der Waals surface area contributed by atoms with Gasteiger partial charge in [0.1, 0.15) is 17.2 Å². The van der Waals surface area contributed by atoms with Crippen molar-refractivity contribution in [3.63, 3.8) is 0 Å². The van der Waals surface area contributed by atoms with Crippen LogP contribution in [0.1, 0.15) is 34.5 Å². The van der Waals surface area contributed by atoms with Crippen molar-refractivity contribution >= 4 is 29.5 Å². The lowest BCUT2D eigenvalue weighted by atomic mass is 10.1. The van der Waals surface area contributed by atoms with Crippen molar-refractivity contribution in [2.24, 2.45) is 0 Å². The Morgan fingerprint density at radius 3 is 2.67 bits per heavy atom. The van der Waals surface area contributed by atoms with E-state index in [9.17, 15) is 9.59 Å². The van der Waals surface area contributed by atoms with Gasteiger partial charge in [-0.2, -0.15) is 0 Å². The predicted molar refractivity (Wildman–Crippen MR) is 128 cm³/mol. The number of rotatable bonds is 7. The monoisotopic (exact) mass is 464 g/mol. The van der Waals surface area contributed by atoms with E-state index in [0.717, 1.165) is 24.0 Å². The lowest BCUT2D eigenvalue weighted by Gasteiger charge is -2.13. The molecule has 2 heterocycles. The van der Waals surface area contributed by atoms with Gasteiger partial charge in [-0.15, -0.1) is 0 Å². The number of carbonyl (C=O) groups is 2. The molecule has 1 aromatic heterocycles. The maximum atomic E-state index is 12.9. The highest BCUT2D eigenvalue weighted by molar-refractivity contribution is 6.30. The van der Waals surface area contributed by atoms with Crippen molar-refractivity contribution in [3.05, 3.63) is 88.3 Å². The molecule has 0 saturated carbocycles. The summed E-state index contributed by atoms with van der Waals surface area (Å²) in [4.78, 5) is 25.7. The molecular weight excluding hydrogens is 440 g/mol. The number of carbonyl (C=O) groups excluding carboxylic acids is 2. The van der Waals surface area contributed by atoms with E-state index in [1.54, 1.807) is 36.4 Å². The highest BCUT2D eigenvalue weighted by Crippen LogP contribution is 2.25. The molecule has 7 heteroatoms. The smallest absolute Gasteiger partial charge is 0.268 e. The van der Waals surface area contributed by atoms with Crippen molar-refractivity contribution in [3.8, 4) is 11.3 Å². The van der Waals surface area contributed by atoms with Gasteiger partial charge in [-0.25, -0.2) is 0 Å². The molecule has 1 aliphatic heterocycles. The molecule has 1 aliphatic rings. The number of benzene rings is 2. The van der Waals surface area contributed by atoms with E-state index in [-0.39, 0.29) is 17.7 Å². The van der Waals surface area contributed by atoms with Gasteiger partial charge in [0.2, 0.25) is 0 Å². The molecule has 1 atom stereocenters. The fourth-order valence-corrected chi connectivity index (χ4v) is 3.72. The fourth-order valence-electron chi connectivity index (χ4n) is 3.53. The molecule has 4 rings (SSSR count). The zero-order valence-electron chi connectivity index (χ0n) is 18.3. The van der Waals surface area contributed by atoms with Crippen LogP contribution < -0.4 is 10.6 Å². The van der Waals surface area contributed by atoms with Crippen molar-refractivity contribution in [2.45, 2.75) is 25.9 Å². The molecule has 0 bridgehead atoms. The summed E-state index contributed by atoms with van der Waals surface area (Å²) < 4.78 is 11.5. The molecule has 0 radical (unpaired) electrons. The Balaban J connectivity index is 1.55. The summed E-state index contributed by atoms with van der Waals surface area (Å²) in [6.45, 7) is 3.02. The van der Waals surface area contributed by atoms with Crippen LogP contribution in [-0.4, -0.2) is 31.1 Å². The summed E-state index contributed by atoms with van der Waals surface area (Å²) >= 11 is 6.08. The summed E-state index contributed by atoms with van der Waals surface area (Å²) in [6, 6.07) is 18.0. The Bertz CT molecular complexity index is 1160. The van der Waals surface area contributed by atoms with Gasteiger partial charge in [-0.05, 0) is 56.2 Å². The van der Waals surface area contributed by atoms with Crippen molar-refractivity contribution in [1.29, 1.82) is 0 Å². The summed E-state index contributed by atoms with van der Waals surface area (Å²) in [5.41, 5.74) is 2.40. The molecule has 2 aromatic carbocycles. The zero-order chi connectivity index (χ0) is 23.2. The molecule has 6 nitrogen and oxygen atoms in total. The average molecular weight is 465 g/mol. The number of furan rings is 1. The largest absolute Gasteiger partial charge is 0.457 e. The quantitative estimate of drug-likeness (QED) is 0.483. The first-order valence-corrected chi connectivity index (χ1v) is 11.2. The first-order chi connectivity index (χ1) is 16.0. The Labute approximate surface area is 197 Å². The number of hydrogen-bond donors (Lipinski definition) is 2. The number of hydrogen-bond acceptors (Lipinski definition) is 4. The van der Waals surface area contributed by atoms with E-state index in [4.69, 9.17) is 20.8 Å². The average Bonchev–Trinajstić information content (AvgIpc) is 3.50. The molecule has 1 unspecified atom stereocenters. The van der Waals surface area contributed by atoms with Gasteiger partial charge >= 0.3 is 0 Å². The second-order valence-electron chi connectivity index (χ2n) is 7.94. The summed E-state index contributed by atoms with van der Waals surface area (Å²) in [5, 5.41) is 6.17. The Morgan fingerprint density at radius 2 is 1.94 bits per heavy atom. The Hall–Kier alpha value is -3.35. The second kappa shape index (κ2) is 10.5. The van der Waals surface area contributed by atoms with Crippen LogP contribution in [0.15, 0.2) is 70.8 Å². The molecule has 1 fully saturated rings. The van der Waals surface area contributed by atoms with E-state index in [0.29, 0.717) is 35.3 Å². The number of halogens is 1. The maximum absolute atomic E-state index is 12.9. The van der Waals surface area contributed by atoms with Crippen LogP contribution in [0, 0.1) is 6.92 Å². The van der Waals surface area contributed by atoms with Crippen LogP contribution in [0.25, 0.3) is 17.4 Å². The van der Waals surface area contributed by atoms with Crippen LogP contribution in [0.5, 0.6) is 0 Å². The topological polar surface area (TPSA) is 80.6 Å². The Morgan fingerprint density at radius 1 is 1.12 bits per heavy atom. The third-order valence-electron chi connectivity index (χ3n) is 5.34. The van der Waals surface area contributed by atoms with Crippen molar-refractivity contribution in [2.75, 3.05) is 13.2 Å². The van der Waals surface area contributed by atoms with Crippen LogP contribution in [0.4, 0.5) is 0 Å².